The van der Waals surface area contributed by atoms with Crippen molar-refractivity contribution in [2.24, 2.45) is 0 Å². The highest BCUT2D eigenvalue weighted by Crippen LogP contribution is 2.31. The smallest absolute Gasteiger partial charge is 0.348 e. The summed E-state index contributed by atoms with van der Waals surface area (Å²) in [6.07, 6.45) is 0. The minimum atomic E-state index is -0.473. The molecule has 0 bridgehead atoms. The molecule has 0 atom stereocenters. The van der Waals surface area contributed by atoms with Crippen LogP contribution in [0, 0.1) is 17.0 Å². The summed E-state index contributed by atoms with van der Waals surface area (Å²) in [5, 5.41) is 16.8. The summed E-state index contributed by atoms with van der Waals surface area (Å²) in [6.45, 7) is 1.92. The summed E-state index contributed by atoms with van der Waals surface area (Å²) in [5.74, 6) is -0.452. The van der Waals surface area contributed by atoms with Gasteiger partial charge in [0.15, 0.2) is 0 Å². The summed E-state index contributed by atoms with van der Waals surface area (Å²) in [5.41, 5.74) is 2.32. The molecule has 0 aliphatic heterocycles. The lowest BCUT2D eigenvalue weighted by Crippen LogP contribution is -2.03. The van der Waals surface area contributed by atoms with Gasteiger partial charge in [-0.1, -0.05) is 11.6 Å². The first kappa shape index (κ1) is 19.1. The highest BCUT2D eigenvalue weighted by atomic mass is 35.5. The first-order valence-electron chi connectivity index (χ1n) is 8.58. The predicted octanol–water partition coefficient (Wildman–Crippen LogP) is 5.31. The molecule has 4 rings (SSSR count). The number of carbonyl (C=O) groups excluding carboxylic acids is 1. The maximum Gasteiger partial charge on any atom is 0.348 e. The number of esters is 1. The van der Waals surface area contributed by atoms with Gasteiger partial charge in [0.1, 0.15) is 16.3 Å². The predicted molar refractivity (Wildman–Crippen MR) is 111 cm³/mol. The number of aromatic nitrogens is 2. The fourth-order valence-electron chi connectivity index (χ4n) is 2.84. The molecular formula is C20H14ClN3O4S. The van der Waals surface area contributed by atoms with Crippen molar-refractivity contribution < 1.29 is 14.5 Å². The molecule has 0 aliphatic carbocycles. The molecule has 7 nitrogen and oxygen atoms in total. The van der Waals surface area contributed by atoms with Crippen LogP contribution >= 0.6 is 22.9 Å². The Labute approximate surface area is 174 Å². The molecule has 9 heteroatoms. The van der Waals surface area contributed by atoms with Crippen molar-refractivity contribution in [2.45, 2.75) is 13.5 Å². The fraction of sp³-hybridized carbons (Fsp3) is 0.100. The standard InChI is InChI=1S/C20H14ClN3O4S/c1-12-17-10-18(20(25)28-11-13-2-6-16(7-3-13)24(26)27)29-19(17)23(22-12)15-8-4-14(21)5-9-15/h2-10H,11H2,1H3. The Morgan fingerprint density at radius 3 is 2.55 bits per heavy atom. The summed E-state index contributed by atoms with van der Waals surface area (Å²) >= 11 is 7.25. The summed E-state index contributed by atoms with van der Waals surface area (Å²) in [6, 6.07) is 15.0. The van der Waals surface area contributed by atoms with Crippen LogP contribution in [0.3, 0.4) is 0 Å². The van der Waals surface area contributed by atoms with Crippen LogP contribution in [0.2, 0.25) is 5.02 Å². The van der Waals surface area contributed by atoms with Crippen LogP contribution in [0.1, 0.15) is 20.9 Å². The van der Waals surface area contributed by atoms with Gasteiger partial charge in [-0.15, -0.1) is 11.3 Å². The number of non-ortho nitro benzene ring substituents is 1. The van der Waals surface area contributed by atoms with Gasteiger partial charge in [0.2, 0.25) is 0 Å². The highest BCUT2D eigenvalue weighted by Gasteiger charge is 2.18. The molecule has 0 fully saturated rings. The van der Waals surface area contributed by atoms with Crippen molar-refractivity contribution in [1.82, 2.24) is 9.78 Å². The van der Waals surface area contributed by atoms with Gasteiger partial charge in [0.25, 0.3) is 5.69 Å². The number of hydrogen-bond acceptors (Lipinski definition) is 6. The number of nitro benzene ring substituents is 1. The van der Waals surface area contributed by atoms with Crippen LogP contribution in [0.5, 0.6) is 0 Å². The molecule has 0 amide bonds. The Hall–Kier alpha value is -3.23. The van der Waals surface area contributed by atoms with Crippen molar-refractivity contribution in [3.05, 3.63) is 85.9 Å². The second kappa shape index (κ2) is 7.65. The summed E-state index contributed by atoms with van der Waals surface area (Å²) in [4.78, 5) is 24.0. The number of hydrogen-bond donors (Lipinski definition) is 0. The highest BCUT2D eigenvalue weighted by molar-refractivity contribution is 7.20. The zero-order chi connectivity index (χ0) is 20.5. The molecule has 0 N–H and O–H groups in total. The molecule has 2 heterocycles. The average molecular weight is 428 g/mol. The number of ether oxygens (including phenoxy) is 1. The quantitative estimate of drug-likeness (QED) is 0.244. The second-order valence-electron chi connectivity index (χ2n) is 6.30. The zero-order valence-electron chi connectivity index (χ0n) is 15.2. The van der Waals surface area contributed by atoms with E-state index in [1.165, 1.54) is 23.5 Å². The third-order valence-corrected chi connectivity index (χ3v) is 5.68. The molecule has 0 radical (unpaired) electrons. The van der Waals surface area contributed by atoms with Gasteiger partial charge in [-0.25, -0.2) is 9.48 Å². The number of carbonyl (C=O) groups is 1. The van der Waals surface area contributed by atoms with Gasteiger partial charge in [0, 0.05) is 22.5 Å². The first-order valence-corrected chi connectivity index (χ1v) is 9.77. The van der Waals surface area contributed by atoms with E-state index in [0.717, 1.165) is 21.6 Å². The lowest BCUT2D eigenvalue weighted by Gasteiger charge is -2.04. The van der Waals surface area contributed by atoms with Gasteiger partial charge in [-0.05, 0) is 55.0 Å². The van der Waals surface area contributed by atoms with Crippen molar-refractivity contribution in [1.29, 1.82) is 0 Å². The van der Waals surface area contributed by atoms with E-state index in [0.29, 0.717) is 15.5 Å². The molecule has 29 heavy (non-hydrogen) atoms. The number of nitrogens with zero attached hydrogens (tertiary/aromatic N) is 3. The number of nitro groups is 1. The number of halogens is 1. The van der Waals surface area contributed by atoms with Crippen molar-refractivity contribution in [3.63, 3.8) is 0 Å². The number of benzene rings is 2. The van der Waals surface area contributed by atoms with E-state index in [9.17, 15) is 14.9 Å². The van der Waals surface area contributed by atoms with Gasteiger partial charge >= 0.3 is 5.97 Å². The third-order valence-electron chi connectivity index (χ3n) is 4.33. The van der Waals surface area contributed by atoms with E-state index < -0.39 is 10.9 Å². The van der Waals surface area contributed by atoms with Crippen LogP contribution in [0.25, 0.3) is 15.9 Å². The minimum Gasteiger partial charge on any atom is -0.457 e. The van der Waals surface area contributed by atoms with Crippen LogP contribution in [0.15, 0.2) is 54.6 Å². The second-order valence-corrected chi connectivity index (χ2v) is 7.77. The van der Waals surface area contributed by atoms with E-state index in [-0.39, 0.29) is 12.3 Å². The average Bonchev–Trinajstić information content (AvgIpc) is 3.28. The number of aryl methyl sites for hydroxylation is 1. The molecule has 2 aromatic carbocycles. The molecule has 0 saturated heterocycles. The van der Waals surface area contributed by atoms with Gasteiger partial charge in [-0.2, -0.15) is 5.10 Å². The zero-order valence-corrected chi connectivity index (χ0v) is 16.7. The van der Waals surface area contributed by atoms with Crippen molar-refractivity contribution in [2.75, 3.05) is 0 Å². The Morgan fingerprint density at radius 2 is 1.90 bits per heavy atom. The minimum absolute atomic E-state index is 0.00758. The van der Waals surface area contributed by atoms with Gasteiger partial charge < -0.3 is 4.74 Å². The SMILES string of the molecule is Cc1nn(-c2ccc(Cl)cc2)c2sc(C(=O)OCc3ccc([N+](=O)[O-])cc3)cc12. The van der Waals surface area contributed by atoms with Crippen LogP contribution in [-0.2, 0) is 11.3 Å². The lowest BCUT2D eigenvalue weighted by atomic mass is 10.2. The van der Waals surface area contributed by atoms with Crippen LogP contribution < -0.4 is 0 Å². The van der Waals surface area contributed by atoms with E-state index in [1.807, 2.05) is 19.1 Å². The fourth-order valence-corrected chi connectivity index (χ4v) is 4.04. The van der Waals surface area contributed by atoms with Crippen LogP contribution in [0.4, 0.5) is 5.69 Å². The molecule has 0 saturated carbocycles. The van der Waals surface area contributed by atoms with Crippen molar-refractivity contribution >= 4 is 44.8 Å². The summed E-state index contributed by atoms with van der Waals surface area (Å²) < 4.78 is 7.15. The molecule has 0 spiro atoms. The largest absolute Gasteiger partial charge is 0.457 e. The Kier molecular flexibility index (Phi) is 5.04. The third kappa shape index (κ3) is 3.85. The molecule has 2 aromatic heterocycles. The Bertz CT molecular complexity index is 1210. The molecule has 4 aromatic rings. The topological polar surface area (TPSA) is 87.3 Å². The number of fused-ring (bicyclic) bond motifs is 1. The maximum atomic E-state index is 12.5. The van der Waals surface area contributed by atoms with Crippen molar-refractivity contribution in [3.8, 4) is 5.69 Å². The van der Waals surface area contributed by atoms with Crippen LogP contribution in [-0.4, -0.2) is 20.7 Å². The van der Waals surface area contributed by atoms with E-state index in [1.54, 1.807) is 35.0 Å². The monoisotopic (exact) mass is 427 g/mol. The van der Waals surface area contributed by atoms with E-state index in [4.69, 9.17) is 16.3 Å². The number of rotatable bonds is 5. The number of thiophene rings is 1. The van der Waals surface area contributed by atoms with E-state index >= 15 is 0 Å². The van der Waals surface area contributed by atoms with Gasteiger partial charge in [0.05, 0.1) is 16.3 Å². The van der Waals surface area contributed by atoms with Gasteiger partial charge in [-0.3, -0.25) is 10.1 Å². The Morgan fingerprint density at radius 1 is 1.21 bits per heavy atom. The maximum absolute atomic E-state index is 12.5. The Balaban J connectivity index is 1.54. The lowest BCUT2D eigenvalue weighted by molar-refractivity contribution is -0.384. The summed E-state index contributed by atoms with van der Waals surface area (Å²) in [7, 11) is 0. The molecular weight excluding hydrogens is 414 g/mol. The molecule has 146 valence electrons. The normalized spacial score (nSPS) is 11.0. The molecule has 0 aliphatic rings. The molecule has 0 unspecified atom stereocenters. The van der Waals surface area contributed by atoms with E-state index in [2.05, 4.69) is 5.10 Å². The first-order chi connectivity index (χ1) is 13.9.